The third-order valence-corrected chi connectivity index (χ3v) is 5.36. The van der Waals surface area contributed by atoms with E-state index in [2.05, 4.69) is 27.4 Å². The second kappa shape index (κ2) is 13.9. The van der Waals surface area contributed by atoms with Crippen molar-refractivity contribution in [3.8, 4) is 11.5 Å². The summed E-state index contributed by atoms with van der Waals surface area (Å²) in [4.78, 5) is 6.86. The molecule has 8 heteroatoms. The van der Waals surface area contributed by atoms with Crippen molar-refractivity contribution in [2.75, 3.05) is 61.2 Å². The van der Waals surface area contributed by atoms with Gasteiger partial charge in [-0.25, -0.2) is 0 Å². The molecule has 2 N–H and O–H groups in total. The van der Waals surface area contributed by atoms with E-state index in [9.17, 15) is 0 Å². The standard InChI is InChI=1S/C21H36N4O3.HI/c1-16(19-14-18(27-4)6-7-20(19)28-5)24-21(22-2)23-15-17-8-10-25(11-9-17)12-13-26-3;/h6-7,14,16-17H,8-13,15H2,1-5H3,(H2,22,23,24);1H. The molecule has 2 rings (SSSR count). The molecule has 1 unspecified atom stereocenters. The average molecular weight is 520 g/mol. The predicted molar refractivity (Wildman–Crippen MR) is 129 cm³/mol. The van der Waals surface area contributed by atoms with Gasteiger partial charge in [-0.1, -0.05) is 0 Å². The predicted octanol–water partition coefficient (Wildman–Crippen LogP) is 2.91. The van der Waals surface area contributed by atoms with Gasteiger partial charge < -0.3 is 29.7 Å². The molecule has 1 heterocycles. The first-order valence-corrected chi connectivity index (χ1v) is 10.0. The van der Waals surface area contributed by atoms with E-state index < -0.39 is 0 Å². The second-order valence-corrected chi connectivity index (χ2v) is 7.20. The first-order valence-electron chi connectivity index (χ1n) is 10.0. The number of halogens is 1. The van der Waals surface area contributed by atoms with Crippen LogP contribution in [0.2, 0.25) is 0 Å². The van der Waals surface area contributed by atoms with Gasteiger partial charge in [-0.2, -0.15) is 0 Å². The van der Waals surface area contributed by atoms with Gasteiger partial charge in [0, 0.05) is 32.8 Å². The number of hydrogen-bond acceptors (Lipinski definition) is 5. The number of piperidine rings is 1. The molecule has 1 aliphatic rings. The number of nitrogens with zero attached hydrogens (tertiary/aromatic N) is 2. The topological polar surface area (TPSA) is 67.4 Å². The number of benzene rings is 1. The van der Waals surface area contributed by atoms with Gasteiger partial charge in [0.1, 0.15) is 11.5 Å². The molecule has 7 nitrogen and oxygen atoms in total. The first-order chi connectivity index (χ1) is 13.6. The van der Waals surface area contributed by atoms with E-state index in [1.807, 2.05) is 18.2 Å². The smallest absolute Gasteiger partial charge is 0.191 e. The zero-order valence-corrected chi connectivity index (χ0v) is 20.7. The summed E-state index contributed by atoms with van der Waals surface area (Å²) in [5, 5.41) is 6.95. The summed E-state index contributed by atoms with van der Waals surface area (Å²) in [6, 6.07) is 5.87. The van der Waals surface area contributed by atoms with Crippen molar-refractivity contribution in [1.82, 2.24) is 15.5 Å². The zero-order valence-electron chi connectivity index (χ0n) is 18.4. The van der Waals surface area contributed by atoms with Crippen LogP contribution in [-0.4, -0.2) is 72.0 Å². The lowest BCUT2D eigenvalue weighted by atomic mass is 9.97. The van der Waals surface area contributed by atoms with Crippen LogP contribution in [0.25, 0.3) is 0 Å². The van der Waals surface area contributed by atoms with Gasteiger partial charge in [-0.05, 0) is 57.0 Å². The molecule has 0 aromatic heterocycles. The van der Waals surface area contributed by atoms with E-state index >= 15 is 0 Å². The highest BCUT2D eigenvalue weighted by Gasteiger charge is 2.20. The molecule has 0 bridgehead atoms. The zero-order chi connectivity index (χ0) is 20.4. The molecular weight excluding hydrogens is 483 g/mol. The van der Waals surface area contributed by atoms with Crippen molar-refractivity contribution in [3.05, 3.63) is 23.8 Å². The minimum atomic E-state index is 0. The van der Waals surface area contributed by atoms with Crippen LogP contribution in [0.5, 0.6) is 11.5 Å². The lowest BCUT2D eigenvalue weighted by Crippen LogP contribution is -2.44. The van der Waals surface area contributed by atoms with E-state index in [0.29, 0.717) is 5.92 Å². The maximum absolute atomic E-state index is 5.50. The molecule has 1 fully saturated rings. The lowest BCUT2D eigenvalue weighted by molar-refractivity contribution is 0.121. The molecule has 29 heavy (non-hydrogen) atoms. The van der Waals surface area contributed by atoms with Crippen LogP contribution < -0.4 is 20.1 Å². The van der Waals surface area contributed by atoms with E-state index in [1.54, 1.807) is 28.4 Å². The fourth-order valence-electron chi connectivity index (χ4n) is 3.53. The minimum Gasteiger partial charge on any atom is -0.497 e. The highest BCUT2D eigenvalue weighted by atomic mass is 127. The lowest BCUT2D eigenvalue weighted by Gasteiger charge is -2.32. The Kier molecular flexibility index (Phi) is 12.3. The molecule has 1 atom stereocenters. The minimum absolute atomic E-state index is 0. The van der Waals surface area contributed by atoms with Crippen molar-refractivity contribution >= 4 is 29.9 Å². The Morgan fingerprint density at radius 2 is 1.93 bits per heavy atom. The molecule has 1 aromatic rings. The number of nitrogens with one attached hydrogen (secondary N) is 2. The highest BCUT2D eigenvalue weighted by molar-refractivity contribution is 14.0. The van der Waals surface area contributed by atoms with Crippen molar-refractivity contribution in [1.29, 1.82) is 0 Å². The van der Waals surface area contributed by atoms with Gasteiger partial charge in [-0.3, -0.25) is 4.99 Å². The van der Waals surface area contributed by atoms with E-state index in [0.717, 1.165) is 55.8 Å². The maximum Gasteiger partial charge on any atom is 0.191 e. The number of aliphatic imine (C=N–C) groups is 1. The molecule has 0 saturated carbocycles. The van der Waals surface area contributed by atoms with Crippen LogP contribution in [0.15, 0.2) is 23.2 Å². The van der Waals surface area contributed by atoms with Crippen LogP contribution in [0, 0.1) is 5.92 Å². The molecule has 1 aromatic carbocycles. The van der Waals surface area contributed by atoms with Gasteiger partial charge in [0.25, 0.3) is 0 Å². The number of hydrogen-bond donors (Lipinski definition) is 2. The van der Waals surface area contributed by atoms with Crippen LogP contribution in [-0.2, 0) is 4.74 Å². The first kappa shape index (κ1) is 25.8. The summed E-state index contributed by atoms with van der Waals surface area (Å²) in [5.41, 5.74) is 1.04. The molecule has 1 saturated heterocycles. The van der Waals surface area contributed by atoms with Crippen molar-refractivity contribution < 1.29 is 14.2 Å². The number of guanidine groups is 1. The Balaban J connectivity index is 0.00000420. The van der Waals surface area contributed by atoms with E-state index in [1.165, 1.54) is 12.8 Å². The molecule has 0 radical (unpaired) electrons. The highest BCUT2D eigenvalue weighted by Crippen LogP contribution is 2.29. The van der Waals surface area contributed by atoms with Crippen LogP contribution >= 0.6 is 24.0 Å². The molecule has 0 aliphatic carbocycles. The van der Waals surface area contributed by atoms with Crippen molar-refractivity contribution in [2.45, 2.75) is 25.8 Å². The number of methoxy groups -OCH3 is 3. The third kappa shape index (κ3) is 8.18. The van der Waals surface area contributed by atoms with Crippen molar-refractivity contribution in [3.63, 3.8) is 0 Å². The maximum atomic E-state index is 5.50. The molecule has 166 valence electrons. The van der Waals surface area contributed by atoms with Crippen molar-refractivity contribution in [2.24, 2.45) is 10.9 Å². The molecule has 0 spiro atoms. The van der Waals surface area contributed by atoms with Gasteiger partial charge in [-0.15, -0.1) is 24.0 Å². The largest absolute Gasteiger partial charge is 0.497 e. The monoisotopic (exact) mass is 520 g/mol. The molecule has 1 aliphatic heterocycles. The Morgan fingerprint density at radius 1 is 1.21 bits per heavy atom. The van der Waals surface area contributed by atoms with Crippen LogP contribution in [0.3, 0.4) is 0 Å². The van der Waals surface area contributed by atoms with Gasteiger partial charge >= 0.3 is 0 Å². The summed E-state index contributed by atoms with van der Waals surface area (Å²) in [6.45, 7) is 7.14. The summed E-state index contributed by atoms with van der Waals surface area (Å²) in [5.74, 6) is 3.12. The normalized spacial score (nSPS) is 16.7. The second-order valence-electron chi connectivity index (χ2n) is 7.20. The number of likely N-dealkylation sites (tertiary alicyclic amines) is 1. The Hall–Kier alpha value is -1.26. The summed E-state index contributed by atoms with van der Waals surface area (Å²) >= 11 is 0. The van der Waals surface area contributed by atoms with Crippen LogP contribution in [0.1, 0.15) is 31.4 Å². The van der Waals surface area contributed by atoms with E-state index in [4.69, 9.17) is 14.2 Å². The Morgan fingerprint density at radius 3 is 2.52 bits per heavy atom. The Labute approximate surface area is 192 Å². The fraction of sp³-hybridized carbons (Fsp3) is 0.667. The van der Waals surface area contributed by atoms with Gasteiger partial charge in [0.15, 0.2) is 5.96 Å². The Bertz CT molecular complexity index is 622. The SMILES string of the molecule is CN=C(NCC1CCN(CCOC)CC1)NC(C)c1cc(OC)ccc1OC.I. The van der Waals surface area contributed by atoms with Crippen LogP contribution in [0.4, 0.5) is 0 Å². The van der Waals surface area contributed by atoms with Gasteiger partial charge in [0.2, 0.25) is 0 Å². The van der Waals surface area contributed by atoms with E-state index in [-0.39, 0.29) is 30.0 Å². The molecule has 0 amide bonds. The number of ether oxygens (including phenoxy) is 3. The summed E-state index contributed by atoms with van der Waals surface area (Å²) in [7, 11) is 6.92. The fourth-order valence-corrected chi connectivity index (χ4v) is 3.53. The summed E-state index contributed by atoms with van der Waals surface area (Å²) in [6.07, 6.45) is 2.40. The third-order valence-electron chi connectivity index (χ3n) is 5.36. The average Bonchev–Trinajstić information content (AvgIpc) is 2.75. The summed E-state index contributed by atoms with van der Waals surface area (Å²) < 4.78 is 16.0. The number of rotatable bonds is 9. The molecular formula is C21H37IN4O3. The quantitative estimate of drug-likeness (QED) is 0.297. The van der Waals surface area contributed by atoms with Gasteiger partial charge in [0.05, 0.1) is 26.9 Å².